The van der Waals surface area contributed by atoms with Gasteiger partial charge < -0.3 is 15.4 Å². The number of hydrogen-bond donors (Lipinski definition) is 2. The smallest absolute Gasteiger partial charge is 0.378 e. The van der Waals surface area contributed by atoms with Gasteiger partial charge in [-0.1, -0.05) is 19.3 Å². The Balaban J connectivity index is 2.15. The Bertz CT molecular complexity index is 316. The lowest BCUT2D eigenvalue weighted by molar-refractivity contribution is -0.132. The number of aliphatic imine (C=N–C) groups is 1. The first-order valence-electron chi connectivity index (χ1n) is 8.22. The molecule has 0 aromatic heterocycles. The van der Waals surface area contributed by atoms with Crippen LogP contribution in [0.5, 0.6) is 0 Å². The first-order chi connectivity index (χ1) is 10.5. The summed E-state index contributed by atoms with van der Waals surface area (Å²) in [5, 5.41) is 5.64. The molecule has 1 saturated carbocycles. The summed E-state index contributed by atoms with van der Waals surface area (Å²) in [6.07, 6.45) is 2.26. The fourth-order valence-electron chi connectivity index (χ4n) is 2.40. The molecule has 1 aliphatic rings. The van der Waals surface area contributed by atoms with Crippen molar-refractivity contribution in [2.24, 2.45) is 4.99 Å². The van der Waals surface area contributed by atoms with Gasteiger partial charge in [0, 0.05) is 26.2 Å². The van der Waals surface area contributed by atoms with Crippen molar-refractivity contribution in [3.8, 4) is 0 Å². The van der Waals surface area contributed by atoms with Gasteiger partial charge in [-0.2, -0.15) is 13.2 Å². The summed E-state index contributed by atoms with van der Waals surface area (Å²) in [6.45, 7) is 3.56. The minimum atomic E-state index is -4.14. The van der Waals surface area contributed by atoms with E-state index in [1.54, 1.807) is 0 Å². The lowest BCUT2D eigenvalue weighted by atomic mass is 9.98. The molecule has 130 valence electrons. The molecule has 0 aromatic rings. The summed E-state index contributed by atoms with van der Waals surface area (Å²) in [5.41, 5.74) is 0. The topological polar surface area (TPSA) is 45.7 Å². The second-order valence-corrected chi connectivity index (χ2v) is 5.54. The Morgan fingerprint density at radius 1 is 1.18 bits per heavy atom. The zero-order valence-corrected chi connectivity index (χ0v) is 13.3. The first kappa shape index (κ1) is 19.1. The van der Waals surface area contributed by atoms with Gasteiger partial charge in [0.25, 0.3) is 0 Å². The van der Waals surface area contributed by atoms with Gasteiger partial charge in [-0.05, 0) is 26.2 Å². The standard InChI is InChI=1S/C15H28F3N3O/c1-2-19-14(21-11-9-15(16,17)18)20-10-6-12-22-13-7-4-3-5-8-13/h13H,2-12H2,1H3,(H2,19,20,21). The Hall–Kier alpha value is -0.980. The maximum atomic E-state index is 12.1. The van der Waals surface area contributed by atoms with Crippen LogP contribution in [-0.2, 0) is 4.74 Å². The maximum Gasteiger partial charge on any atom is 0.390 e. The lowest BCUT2D eigenvalue weighted by Gasteiger charge is -2.21. The minimum absolute atomic E-state index is 0.159. The van der Waals surface area contributed by atoms with Crippen LogP contribution in [0.15, 0.2) is 4.99 Å². The lowest BCUT2D eigenvalue weighted by Crippen LogP contribution is -2.39. The molecule has 1 fully saturated rings. The van der Waals surface area contributed by atoms with E-state index in [9.17, 15) is 13.2 Å². The van der Waals surface area contributed by atoms with Crippen molar-refractivity contribution >= 4 is 5.96 Å². The molecule has 0 saturated heterocycles. The molecule has 0 spiro atoms. The Morgan fingerprint density at radius 3 is 2.55 bits per heavy atom. The molecule has 0 atom stereocenters. The number of nitrogens with one attached hydrogen (secondary N) is 2. The van der Waals surface area contributed by atoms with Crippen molar-refractivity contribution in [1.29, 1.82) is 0 Å². The molecule has 2 N–H and O–H groups in total. The number of nitrogens with zero attached hydrogens (tertiary/aromatic N) is 1. The number of halogens is 3. The molecule has 1 aliphatic carbocycles. The third kappa shape index (κ3) is 9.87. The van der Waals surface area contributed by atoms with E-state index in [4.69, 9.17) is 4.74 Å². The molecule has 0 aromatic carbocycles. The SMILES string of the molecule is CCNC(=NCCCOC1CCCCC1)NCCC(F)(F)F. The van der Waals surface area contributed by atoms with Crippen LogP contribution in [0.4, 0.5) is 13.2 Å². The molecule has 1 rings (SSSR count). The molecule has 0 aliphatic heterocycles. The highest BCUT2D eigenvalue weighted by molar-refractivity contribution is 5.79. The highest BCUT2D eigenvalue weighted by Crippen LogP contribution is 2.20. The summed E-state index contributed by atoms with van der Waals surface area (Å²) >= 11 is 0. The van der Waals surface area contributed by atoms with Crippen LogP contribution in [0.2, 0.25) is 0 Å². The molecule has 0 amide bonds. The second kappa shape index (κ2) is 10.7. The van der Waals surface area contributed by atoms with Crippen molar-refractivity contribution in [1.82, 2.24) is 10.6 Å². The average Bonchev–Trinajstić information content (AvgIpc) is 2.46. The van der Waals surface area contributed by atoms with Gasteiger partial charge in [0.1, 0.15) is 0 Å². The Morgan fingerprint density at radius 2 is 1.91 bits per heavy atom. The Labute approximate surface area is 130 Å². The van der Waals surface area contributed by atoms with E-state index in [0.717, 1.165) is 19.3 Å². The zero-order chi connectivity index (χ0) is 16.3. The molecule has 0 radical (unpaired) electrons. The van der Waals surface area contributed by atoms with E-state index >= 15 is 0 Å². The van der Waals surface area contributed by atoms with Gasteiger partial charge >= 0.3 is 6.18 Å². The predicted octanol–water partition coefficient (Wildman–Crippen LogP) is 3.23. The van der Waals surface area contributed by atoms with Crippen molar-refractivity contribution in [3.63, 3.8) is 0 Å². The quantitative estimate of drug-likeness (QED) is 0.409. The van der Waals surface area contributed by atoms with Crippen molar-refractivity contribution in [2.75, 3.05) is 26.2 Å². The molecular formula is C15H28F3N3O. The van der Waals surface area contributed by atoms with Crippen LogP contribution >= 0.6 is 0 Å². The van der Waals surface area contributed by atoms with E-state index in [-0.39, 0.29) is 6.54 Å². The fourth-order valence-corrected chi connectivity index (χ4v) is 2.40. The van der Waals surface area contributed by atoms with Gasteiger partial charge in [0.2, 0.25) is 0 Å². The third-order valence-corrected chi connectivity index (χ3v) is 3.52. The van der Waals surface area contributed by atoms with Gasteiger partial charge in [-0.15, -0.1) is 0 Å². The molecular weight excluding hydrogens is 295 g/mol. The largest absolute Gasteiger partial charge is 0.390 e. The van der Waals surface area contributed by atoms with E-state index in [1.165, 1.54) is 19.3 Å². The highest BCUT2D eigenvalue weighted by Gasteiger charge is 2.26. The normalized spacial score (nSPS) is 17.5. The highest BCUT2D eigenvalue weighted by atomic mass is 19.4. The maximum absolute atomic E-state index is 12.1. The van der Waals surface area contributed by atoms with Gasteiger partial charge in [-0.3, -0.25) is 4.99 Å². The monoisotopic (exact) mass is 323 g/mol. The van der Waals surface area contributed by atoms with Crippen LogP contribution in [0, 0.1) is 0 Å². The van der Waals surface area contributed by atoms with E-state index in [0.29, 0.717) is 31.8 Å². The van der Waals surface area contributed by atoms with E-state index in [2.05, 4.69) is 15.6 Å². The van der Waals surface area contributed by atoms with Gasteiger partial charge in [-0.25, -0.2) is 0 Å². The van der Waals surface area contributed by atoms with Crippen LogP contribution in [0.3, 0.4) is 0 Å². The molecule has 0 unspecified atom stereocenters. The number of rotatable bonds is 8. The van der Waals surface area contributed by atoms with Gasteiger partial charge in [0.15, 0.2) is 5.96 Å². The van der Waals surface area contributed by atoms with Crippen LogP contribution in [0.1, 0.15) is 51.9 Å². The molecule has 22 heavy (non-hydrogen) atoms. The average molecular weight is 323 g/mol. The number of hydrogen-bond acceptors (Lipinski definition) is 2. The third-order valence-electron chi connectivity index (χ3n) is 3.52. The van der Waals surface area contributed by atoms with Crippen molar-refractivity contribution in [2.45, 2.75) is 64.1 Å². The second-order valence-electron chi connectivity index (χ2n) is 5.54. The van der Waals surface area contributed by atoms with E-state index < -0.39 is 12.6 Å². The molecule has 7 heteroatoms. The Kier molecular flexibility index (Phi) is 9.27. The molecule has 0 heterocycles. The summed E-state index contributed by atoms with van der Waals surface area (Å²) < 4.78 is 42.1. The van der Waals surface area contributed by atoms with Crippen LogP contribution in [-0.4, -0.2) is 44.5 Å². The minimum Gasteiger partial charge on any atom is -0.378 e. The zero-order valence-electron chi connectivity index (χ0n) is 13.3. The van der Waals surface area contributed by atoms with Crippen molar-refractivity contribution < 1.29 is 17.9 Å². The summed E-state index contributed by atoms with van der Waals surface area (Å²) in [4.78, 5) is 4.26. The number of ether oxygens (including phenoxy) is 1. The molecule has 4 nitrogen and oxygen atoms in total. The predicted molar refractivity (Wildman–Crippen MR) is 82.1 cm³/mol. The number of guanidine groups is 1. The summed E-state index contributed by atoms with van der Waals surface area (Å²) in [7, 11) is 0. The van der Waals surface area contributed by atoms with Crippen molar-refractivity contribution in [3.05, 3.63) is 0 Å². The van der Waals surface area contributed by atoms with E-state index in [1.807, 2.05) is 6.92 Å². The first-order valence-corrected chi connectivity index (χ1v) is 8.22. The number of alkyl halides is 3. The van der Waals surface area contributed by atoms with Gasteiger partial charge in [0.05, 0.1) is 12.5 Å². The van der Waals surface area contributed by atoms with Crippen LogP contribution in [0.25, 0.3) is 0 Å². The summed E-state index contributed by atoms with van der Waals surface area (Å²) in [5.74, 6) is 0.435. The molecule has 0 bridgehead atoms. The van der Waals surface area contributed by atoms with Crippen LogP contribution < -0.4 is 10.6 Å². The fraction of sp³-hybridized carbons (Fsp3) is 0.933. The summed E-state index contributed by atoms with van der Waals surface area (Å²) in [6, 6.07) is 0.